The Morgan fingerprint density at radius 1 is 1.12 bits per heavy atom. The molecule has 0 aromatic heterocycles. The van der Waals surface area contributed by atoms with Gasteiger partial charge in [-0.25, -0.2) is 0 Å². The Kier molecular flexibility index (Phi) is 8.01. The maximum Gasteiger partial charge on any atom is 0.220 e. The fraction of sp³-hybridized carbons (Fsp3) is 0.632. The van der Waals surface area contributed by atoms with Gasteiger partial charge in [0.1, 0.15) is 0 Å². The van der Waals surface area contributed by atoms with E-state index in [1.165, 1.54) is 0 Å². The molecule has 140 valence electrons. The molecule has 1 aliphatic heterocycles. The number of methoxy groups -OCH3 is 2. The predicted octanol–water partition coefficient (Wildman–Crippen LogP) is 1.39. The van der Waals surface area contributed by atoms with E-state index in [1.807, 2.05) is 18.2 Å². The molecule has 0 saturated carbocycles. The fourth-order valence-corrected chi connectivity index (χ4v) is 2.98. The number of rotatable bonds is 9. The van der Waals surface area contributed by atoms with Crippen LogP contribution in [0.2, 0.25) is 0 Å². The molecule has 1 aliphatic rings. The Bertz CT molecular complexity index is 543. The first-order chi connectivity index (χ1) is 12.1. The number of carbonyl (C=O) groups is 1. The number of aryl methyl sites for hydroxylation is 1. The molecule has 1 aromatic rings. The van der Waals surface area contributed by atoms with Crippen molar-refractivity contribution in [2.45, 2.75) is 19.3 Å². The number of amides is 1. The van der Waals surface area contributed by atoms with Crippen molar-refractivity contribution in [3.8, 4) is 11.5 Å². The number of piperazine rings is 1. The van der Waals surface area contributed by atoms with Gasteiger partial charge in [-0.1, -0.05) is 6.07 Å². The third-order valence-corrected chi connectivity index (χ3v) is 4.66. The Hall–Kier alpha value is -1.79. The van der Waals surface area contributed by atoms with Gasteiger partial charge in [0.05, 0.1) is 14.2 Å². The van der Waals surface area contributed by atoms with Crippen LogP contribution in [0.25, 0.3) is 0 Å². The summed E-state index contributed by atoms with van der Waals surface area (Å²) in [6.07, 6.45) is 2.19. The van der Waals surface area contributed by atoms with E-state index in [0.29, 0.717) is 24.3 Å². The lowest BCUT2D eigenvalue weighted by molar-refractivity contribution is -0.121. The van der Waals surface area contributed by atoms with E-state index < -0.39 is 0 Å². The third kappa shape index (κ3) is 6.55. The molecule has 6 heteroatoms. The van der Waals surface area contributed by atoms with Crippen molar-refractivity contribution in [1.29, 1.82) is 0 Å². The number of nitrogens with one attached hydrogen (secondary N) is 1. The van der Waals surface area contributed by atoms with Crippen molar-refractivity contribution in [2.75, 3.05) is 60.5 Å². The lowest BCUT2D eigenvalue weighted by atomic mass is 10.1. The molecule has 1 fully saturated rings. The largest absolute Gasteiger partial charge is 0.493 e. The van der Waals surface area contributed by atoms with Crippen LogP contribution in [0.1, 0.15) is 18.4 Å². The number of likely N-dealkylation sites (N-methyl/N-ethyl adjacent to an activating group) is 1. The number of carbonyl (C=O) groups excluding carboxylic acids is 1. The van der Waals surface area contributed by atoms with Crippen LogP contribution in [0.15, 0.2) is 18.2 Å². The maximum absolute atomic E-state index is 12.0. The molecule has 0 radical (unpaired) electrons. The van der Waals surface area contributed by atoms with Crippen molar-refractivity contribution in [3.63, 3.8) is 0 Å². The Morgan fingerprint density at radius 3 is 2.52 bits per heavy atom. The molecule has 0 spiro atoms. The average molecular weight is 349 g/mol. The topological polar surface area (TPSA) is 54.0 Å². The first kappa shape index (κ1) is 19.5. The highest BCUT2D eigenvalue weighted by molar-refractivity contribution is 5.76. The van der Waals surface area contributed by atoms with Gasteiger partial charge < -0.3 is 24.6 Å². The zero-order valence-corrected chi connectivity index (χ0v) is 15.7. The summed E-state index contributed by atoms with van der Waals surface area (Å²) < 4.78 is 10.5. The molecular formula is C19H31N3O3. The molecule has 25 heavy (non-hydrogen) atoms. The minimum absolute atomic E-state index is 0.105. The predicted molar refractivity (Wildman–Crippen MR) is 99.4 cm³/mol. The van der Waals surface area contributed by atoms with Crippen LogP contribution in [-0.2, 0) is 11.2 Å². The molecule has 0 unspecified atom stereocenters. The van der Waals surface area contributed by atoms with Gasteiger partial charge in [-0.3, -0.25) is 4.79 Å². The Balaban J connectivity index is 1.62. The van der Waals surface area contributed by atoms with Crippen molar-refractivity contribution in [2.24, 2.45) is 0 Å². The van der Waals surface area contributed by atoms with Crippen LogP contribution in [0.3, 0.4) is 0 Å². The summed E-state index contributed by atoms with van der Waals surface area (Å²) >= 11 is 0. The van der Waals surface area contributed by atoms with Crippen molar-refractivity contribution >= 4 is 5.91 Å². The fourth-order valence-electron chi connectivity index (χ4n) is 2.98. The zero-order chi connectivity index (χ0) is 18.1. The first-order valence-corrected chi connectivity index (χ1v) is 9.01. The highest BCUT2D eigenvalue weighted by Crippen LogP contribution is 2.27. The standard InChI is InChI=1S/C19H31N3O3/c1-21-11-13-22(14-12-21)10-4-9-20-19(23)8-6-16-5-7-17(24-2)18(15-16)25-3/h5,7,15H,4,6,8-14H2,1-3H3,(H,20,23). The molecule has 0 aliphatic carbocycles. The molecule has 2 rings (SSSR count). The lowest BCUT2D eigenvalue weighted by Crippen LogP contribution is -2.45. The molecule has 1 N–H and O–H groups in total. The van der Waals surface area contributed by atoms with E-state index >= 15 is 0 Å². The summed E-state index contributed by atoms with van der Waals surface area (Å²) in [6.45, 7) is 6.34. The molecule has 1 saturated heterocycles. The molecule has 1 heterocycles. The van der Waals surface area contributed by atoms with Crippen molar-refractivity contribution in [1.82, 2.24) is 15.1 Å². The average Bonchev–Trinajstić information content (AvgIpc) is 2.64. The van der Waals surface area contributed by atoms with Gasteiger partial charge in [-0.15, -0.1) is 0 Å². The minimum atomic E-state index is 0.105. The summed E-state index contributed by atoms with van der Waals surface area (Å²) in [7, 11) is 5.40. The minimum Gasteiger partial charge on any atom is -0.493 e. The highest BCUT2D eigenvalue weighted by atomic mass is 16.5. The summed E-state index contributed by atoms with van der Waals surface area (Å²) in [5, 5.41) is 3.02. The second-order valence-corrected chi connectivity index (χ2v) is 6.54. The van der Waals surface area contributed by atoms with Gasteiger partial charge >= 0.3 is 0 Å². The van der Waals surface area contributed by atoms with Crippen molar-refractivity contribution in [3.05, 3.63) is 23.8 Å². The molecule has 1 aromatic carbocycles. The smallest absolute Gasteiger partial charge is 0.220 e. The van der Waals surface area contributed by atoms with Gasteiger partial charge in [0.15, 0.2) is 11.5 Å². The molecule has 0 atom stereocenters. The van der Waals surface area contributed by atoms with Crippen LogP contribution in [0, 0.1) is 0 Å². The SMILES string of the molecule is COc1ccc(CCC(=O)NCCCN2CCN(C)CC2)cc1OC. The normalized spacial score (nSPS) is 15.8. The second-order valence-electron chi connectivity index (χ2n) is 6.54. The van der Waals surface area contributed by atoms with Crippen LogP contribution < -0.4 is 14.8 Å². The molecule has 0 bridgehead atoms. The van der Waals surface area contributed by atoms with E-state index in [0.717, 1.165) is 51.3 Å². The molecular weight excluding hydrogens is 318 g/mol. The first-order valence-electron chi connectivity index (χ1n) is 9.01. The summed E-state index contributed by atoms with van der Waals surface area (Å²) in [4.78, 5) is 16.8. The van der Waals surface area contributed by atoms with Crippen LogP contribution in [-0.4, -0.2) is 76.2 Å². The summed E-state index contributed by atoms with van der Waals surface area (Å²) in [6, 6.07) is 5.78. The quantitative estimate of drug-likeness (QED) is 0.683. The lowest BCUT2D eigenvalue weighted by Gasteiger charge is -2.32. The van der Waals surface area contributed by atoms with Gasteiger partial charge in [0.25, 0.3) is 0 Å². The van der Waals surface area contributed by atoms with E-state index in [2.05, 4.69) is 22.2 Å². The Labute approximate surface area is 151 Å². The third-order valence-electron chi connectivity index (χ3n) is 4.66. The van der Waals surface area contributed by atoms with Crippen LogP contribution >= 0.6 is 0 Å². The number of ether oxygens (including phenoxy) is 2. The monoisotopic (exact) mass is 349 g/mol. The highest BCUT2D eigenvalue weighted by Gasteiger charge is 2.13. The van der Waals surface area contributed by atoms with Gasteiger partial charge in [0.2, 0.25) is 5.91 Å². The summed E-state index contributed by atoms with van der Waals surface area (Å²) in [5.41, 5.74) is 1.07. The van der Waals surface area contributed by atoms with E-state index in [4.69, 9.17) is 9.47 Å². The number of nitrogens with zero attached hydrogens (tertiary/aromatic N) is 2. The van der Waals surface area contributed by atoms with Gasteiger partial charge in [0, 0.05) is 39.1 Å². The van der Waals surface area contributed by atoms with E-state index in [1.54, 1.807) is 14.2 Å². The van der Waals surface area contributed by atoms with Gasteiger partial charge in [-0.05, 0) is 44.1 Å². The summed E-state index contributed by atoms with van der Waals surface area (Å²) in [5.74, 6) is 1.51. The second kappa shape index (κ2) is 10.3. The Morgan fingerprint density at radius 2 is 1.84 bits per heavy atom. The van der Waals surface area contributed by atoms with Crippen molar-refractivity contribution < 1.29 is 14.3 Å². The van der Waals surface area contributed by atoms with E-state index in [9.17, 15) is 4.79 Å². The van der Waals surface area contributed by atoms with Gasteiger partial charge in [-0.2, -0.15) is 0 Å². The number of benzene rings is 1. The van der Waals surface area contributed by atoms with E-state index in [-0.39, 0.29) is 5.91 Å². The maximum atomic E-state index is 12.0. The number of hydrogen-bond acceptors (Lipinski definition) is 5. The van der Waals surface area contributed by atoms with Crippen LogP contribution in [0.4, 0.5) is 0 Å². The molecule has 1 amide bonds. The number of hydrogen-bond donors (Lipinski definition) is 1. The molecule has 6 nitrogen and oxygen atoms in total. The van der Waals surface area contributed by atoms with Crippen LogP contribution in [0.5, 0.6) is 11.5 Å². The zero-order valence-electron chi connectivity index (χ0n) is 15.7.